The van der Waals surface area contributed by atoms with Gasteiger partial charge in [-0.3, -0.25) is 4.79 Å². The van der Waals surface area contributed by atoms with E-state index in [0.29, 0.717) is 38.5 Å². The predicted molar refractivity (Wildman–Crippen MR) is 122 cm³/mol. The smallest absolute Gasteiger partial charge is 0.262 e. The number of nitrogens with one attached hydrogen (secondary N) is 1. The standard InChI is InChI=1S/C24H18Cl2N2O4/c1-14-8-18(19(11-27)15-2-4-16(25)5-3-15)20(26)10-21(14)28-24(29)12-30-17-6-7-22-23(9-17)32-13-31-22/h2-10,19H,12-13H2,1H3,(H,28,29). The fourth-order valence-electron chi connectivity index (χ4n) is 3.34. The number of carbonyl (C=O) groups excluding carboxylic acids is 1. The van der Waals surface area contributed by atoms with E-state index >= 15 is 0 Å². The number of carbonyl (C=O) groups is 1. The van der Waals surface area contributed by atoms with Crippen molar-refractivity contribution in [3.63, 3.8) is 0 Å². The average Bonchev–Trinajstić information content (AvgIpc) is 3.25. The summed E-state index contributed by atoms with van der Waals surface area (Å²) < 4.78 is 16.1. The fraction of sp³-hybridized carbons (Fsp3) is 0.167. The van der Waals surface area contributed by atoms with Gasteiger partial charge in [-0.25, -0.2) is 0 Å². The van der Waals surface area contributed by atoms with E-state index in [-0.39, 0.29) is 19.3 Å². The molecule has 0 radical (unpaired) electrons. The lowest BCUT2D eigenvalue weighted by molar-refractivity contribution is -0.118. The molecule has 0 aliphatic carbocycles. The van der Waals surface area contributed by atoms with Crippen molar-refractivity contribution in [2.75, 3.05) is 18.7 Å². The van der Waals surface area contributed by atoms with Gasteiger partial charge in [-0.15, -0.1) is 0 Å². The summed E-state index contributed by atoms with van der Waals surface area (Å²) in [5.41, 5.74) is 2.76. The molecule has 162 valence electrons. The second-order valence-corrected chi connectivity index (χ2v) is 8.00. The van der Waals surface area contributed by atoms with Crippen molar-refractivity contribution in [3.8, 4) is 23.3 Å². The summed E-state index contributed by atoms with van der Waals surface area (Å²) in [6.07, 6.45) is 0. The molecule has 0 saturated heterocycles. The normalized spacial score (nSPS) is 12.7. The molecule has 32 heavy (non-hydrogen) atoms. The van der Waals surface area contributed by atoms with Crippen LogP contribution in [-0.4, -0.2) is 19.3 Å². The van der Waals surface area contributed by atoms with Crippen molar-refractivity contribution in [1.82, 2.24) is 0 Å². The summed E-state index contributed by atoms with van der Waals surface area (Å²) in [5.74, 6) is 0.811. The highest BCUT2D eigenvalue weighted by atomic mass is 35.5. The molecular weight excluding hydrogens is 451 g/mol. The Morgan fingerprint density at radius 2 is 1.88 bits per heavy atom. The minimum Gasteiger partial charge on any atom is -0.484 e. The van der Waals surface area contributed by atoms with Crippen LogP contribution in [0.5, 0.6) is 17.2 Å². The van der Waals surface area contributed by atoms with E-state index in [9.17, 15) is 10.1 Å². The number of fused-ring (bicyclic) bond motifs is 1. The maximum atomic E-state index is 12.4. The maximum Gasteiger partial charge on any atom is 0.262 e. The summed E-state index contributed by atoms with van der Waals surface area (Å²) >= 11 is 12.4. The largest absolute Gasteiger partial charge is 0.484 e. The first-order valence-electron chi connectivity index (χ1n) is 9.72. The molecule has 0 spiro atoms. The number of hydrogen-bond acceptors (Lipinski definition) is 5. The molecule has 6 nitrogen and oxygen atoms in total. The van der Waals surface area contributed by atoms with Crippen molar-refractivity contribution >= 4 is 34.8 Å². The van der Waals surface area contributed by atoms with Crippen molar-refractivity contribution in [1.29, 1.82) is 5.26 Å². The highest BCUT2D eigenvalue weighted by Crippen LogP contribution is 2.36. The summed E-state index contributed by atoms with van der Waals surface area (Å²) in [4.78, 5) is 12.4. The Morgan fingerprint density at radius 1 is 1.12 bits per heavy atom. The fourth-order valence-corrected chi connectivity index (χ4v) is 3.74. The predicted octanol–water partition coefficient (Wildman–Crippen LogP) is 5.70. The highest BCUT2D eigenvalue weighted by Gasteiger charge is 2.19. The van der Waals surface area contributed by atoms with E-state index < -0.39 is 5.92 Å². The quantitative estimate of drug-likeness (QED) is 0.501. The zero-order chi connectivity index (χ0) is 22.7. The zero-order valence-electron chi connectivity index (χ0n) is 17.0. The molecule has 1 aliphatic heterocycles. The van der Waals surface area contributed by atoms with Crippen LogP contribution < -0.4 is 19.5 Å². The molecule has 1 aliphatic rings. The molecule has 1 unspecified atom stereocenters. The minimum absolute atomic E-state index is 0.167. The summed E-state index contributed by atoms with van der Waals surface area (Å²) in [6.45, 7) is 1.81. The molecule has 4 rings (SSSR count). The molecule has 0 saturated carbocycles. The van der Waals surface area contributed by atoms with Gasteiger partial charge < -0.3 is 19.5 Å². The van der Waals surface area contributed by atoms with Gasteiger partial charge in [-0.05, 0) is 53.9 Å². The first-order chi connectivity index (χ1) is 15.4. The van der Waals surface area contributed by atoms with E-state index in [2.05, 4.69) is 11.4 Å². The Labute approximate surface area is 195 Å². The van der Waals surface area contributed by atoms with Gasteiger partial charge in [0, 0.05) is 21.8 Å². The first-order valence-corrected chi connectivity index (χ1v) is 10.5. The molecule has 1 atom stereocenters. The Balaban J connectivity index is 1.45. The lowest BCUT2D eigenvalue weighted by atomic mass is 9.91. The number of aryl methyl sites for hydroxylation is 1. The Hall–Kier alpha value is -3.40. The van der Waals surface area contributed by atoms with Crippen LogP contribution in [0.4, 0.5) is 5.69 Å². The Kier molecular flexibility index (Phi) is 6.40. The molecule has 0 fully saturated rings. The van der Waals surface area contributed by atoms with E-state index in [0.717, 1.165) is 11.1 Å². The van der Waals surface area contributed by atoms with Crippen LogP contribution in [0.15, 0.2) is 54.6 Å². The monoisotopic (exact) mass is 468 g/mol. The molecule has 3 aromatic rings. The van der Waals surface area contributed by atoms with Crippen molar-refractivity contribution in [2.24, 2.45) is 0 Å². The van der Waals surface area contributed by atoms with Gasteiger partial charge in [0.05, 0.1) is 12.0 Å². The zero-order valence-corrected chi connectivity index (χ0v) is 18.5. The molecule has 8 heteroatoms. The maximum absolute atomic E-state index is 12.4. The van der Waals surface area contributed by atoms with Gasteiger partial charge in [0.25, 0.3) is 5.91 Å². The topological polar surface area (TPSA) is 80.6 Å². The number of amides is 1. The van der Waals surface area contributed by atoms with Gasteiger partial charge >= 0.3 is 0 Å². The second kappa shape index (κ2) is 9.39. The summed E-state index contributed by atoms with van der Waals surface area (Å²) in [7, 11) is 0. The number of halogens is 2. The van der Waals surface area contributed by atoms with Crippen LogP contribution in [0.3, 0.4) is 0 Å². The van der Waals surface area contributed by atoms with Crippen LogP contribution in [-0.2, 0) is 4.79 Å². The van der Waals surface area contributed by atoms with E-state index in [1.807, 2.05) is 6.92 Å². The summed E-state index contributed by atoms with van der Waals surface area (Å²) in [5, 5.41) is 13.5. The van der Waals surface area contributed by atoms with Gasteiger partial charge in [-0.1, -0.05) is 41.4 Å². The van der Waals surface area contributed by atoms with Crippen LogP contribution in [0.1, 0.15) is 22.6 Å². The molecular formula is C24H18Cl2N2O4. The number of rotatable bonds is 6. The lowest BCUT2D eigenvalue weighted by Crippen LogP contribution is -2.20. The molecule has 1 N–H and O–H groups in total. The second-order valence-electron chi connectivity index (χ2n) is 7.15. The minimum atomic E-state index is -0.558. The first kappa shape index (κ1) is 21.8. The van der Waals surface area contributed by atoms with Crippen molar-refractivity contribution < 1.29 is 19.0 Å². The van der Waals surface area contributed by atoms with Crippen LogP contribution in [0, 0.1) is 18.3 Å². The third kappa shape index (κ3) is 4.75. The third-order valence-corrected chi connectivity index (χ3v) is 5.55. The number of nitriles is 1. The van der Waals surface area contributed by atoms with Crippen molar-refractivity contribution in [3.05, 3.63) is 81.3 Å². The molecule has 0 aromatic heterocycles. The Bertz CT molecular complexity index is 1210. The number of ether oxygens (including phenoxy) is 3. The number of benzene rings is 3. The summed E-state index contributed by atoms with van der Waals surface area (Å²) in [6, 6.07) is 17.9. The molecule has 0 bridgehead atoms. The molecule has 1 amide bonds. The highest BCUT2D eigenvalue weighted by molar-refractivity contribution is 6.32. The van der Waals surface area contributed by atoms with Crippen LogP contribution in [0.2, 0.25) is 10.0 Å². The van der Waals surface area contributed by atoms with E-state index in [4.69, 9.17) is 37.4 Å². The number of nitrogens with zero attached hydrogens (tertiary/aromatic N) is 1. The van der Waals surface area contributed by atoms with Gasteiger partial charge in [0.2, 0.25) is 6.79 Å². The third-order valence-electron chi connectivity index (χ3n) is 4.98. The van der Waals surface area contributed by atoms with Gasteiger partial charge in [0.15, 0.2) is 18.1 Å². The Morgan fingerprint density at radius 3 is 2.62 bits per heavy atom. The van der Waals surface area contributed by atoms with Crippen LogP contribution >= 0.6 is 23.2 Å². The SMILES string of the molecule is Cc1cc(C(C#N)c2ccc(Cl)cc2)c(Cl)cc1NC(=O)COc1ccc2c(c1)OCO2. The number of hydrogen-bond donors (Lipinski definition) is 1. The molecule has 1 heterocycles. The van der Waals surface area contributed by atoms with E-state index in [1.54, 1.807) is 54.6 Å². The van der Waals surface area contributed by atoms with Gasteiger partial charge in [-0.2, -0.15) is 5.26 Å². The van der Waals surface area contributed by atoms with E-state index in [1.165, 1.54) is 0 Å². The van der Waals surface area contributed by atoms with Crippen LogP contribution in [0.25, 0.3) is 0 Å². The van der Waals surface area contributed by atoms with Crippen molar-refractivity contribution in [2.45, 2.75) is 12.8 Å². The average molecular weight is 469 g/mol. The van der Waals surface area contributed by atoms with Gasteiger partial charge in [0.1, 0.15) is 5.75 Å². The number of anilines is 1. The lowest BCUT2D eigenvalue weighted by Gasteiger charge is -2.16. The molecule has 3 aromatic carbocycles.